The third-order valence-corrected chi connectivity index (χ3v) is 1.30. The number of nitrogens with one attached hydrogen (secondary N) is 1. The second kappa shape index (κ2) is 6.24. The maximum atomic E-state index is 10.1. The van der Waals surface area contributed by atoms with Gasteiger partial charge in [0.25, 0.3) is 0 Å². The quantitative estimate of drug-likeness (QED) is 0.640. The minimum Gasteiger partial charge on any atom is -0.465 e. The van der Waals surface area contributed by atoms with Crippen LogP contribution in [0.1, 0.15) is 13.3 Å². The normalized spacial score (nSPS) is 12.0. The summed E-state index contributed by atoms with van der Waals surface area (Å²) in [7, 11) is 3.67. The molecule has 4 nitrogen and oxygen atoms in total. The standard InChI is InChI=1S/C6H14N2O2.ClH/c1-4-5(8(2)3)7-6(9)10;/h5,7H,4H2,1-3H3,(H,9,10);1H. The molecule has 0 bridgehead atoms. The molecule has 0 aromatic heterocycles. The fraction of sp³-hybridized carbons (Fsp3) is 0.833. The van der Waals surface area contributed by atoms with Crippen molar-refractivity contribution in [2.24, 2.45) is 0 Å². The molecule has 0 aromatic rings. The van der Waals surface area contributed by atoms with Crippen LogP contribution in [-0.2, 0) is 0 Å². The molecule has 0 aromatic carbocycles. The lowest BCUT2D eigenvalue weighted by atomic mass is 10.3. The summed E-state index contributed by atoms with van der Waals surface area (Å²) in [5.74, 6) is 0. The first-order chi connectivity index (χ1) is 4.57. The Kier molecular flexibility index (Phi) is 7.46. The molecule has 0 radical (unpaired) electrons. The fourth-order valence-electron chi connectivity index (χ4n) is 0.739. The zero-order valence-electron chi connectivity index (χ0n) is 7.00. The fourth-order valence-corrected chi connectivity index (χ4v) is 0.739. The maximum absolute atomic E-state index is 10.1. The highest BCUT2D eigenvalue weighted by molar-refractivity contribution is 5.85. The van der Waals surface area contributed by atoms with Gasteiger partial charge in [0.15, 0.2) is 0 Å². The van der Waals surface area contributed by atoms with Crippen LogP contribution in [0.3, 0.4) is 0 Å². The van der Waals surface area contributed by atoms with Crippen LogP contribution >= 0.6 is 12.4 Å². The summed E-state index contributed by atoms with van der Waals surface area (Å²) >= 11 is 0. The highest BCUT2D eigenvalue weighted by Gasteiger charge is 2.09. The first-order valence-corrected chi connectivity index (χ1v) is 3.23. The number of hydrogen-bond acceptors (Lipinski definition) is 2. The van der Waals surface area contributed by atoms with Crippen LogP contribution < -0.4 is 5.32 Å². The molecule has 2 N–H and O–H groups in total. The number of rotatable bonds is 3. The molecular weight excluding hydrogens is 168 g/mol. The lowest BCUT2D eigenvalue weighted by Crippen LogP contribution is -2.43. The van der Waals surface area contributed by atoms with Crippen molar-refractivity contribution < 1.29 is 9.90 Å². The molecule has 1 atom stereocenters. The molecule has 1 amide bonds. The van der Waals surface area contributed by atoms with Crippen LogP contribution in [0.25, 0.3) is 0 Å². The Morgan fingerprint density at radius 2 is 2.09 bits per heavy atom. The second-order valence-electron chi connectivity index (χ2n) is 2.34. The monoisotopic (exact) mass is 182 g/mol. The van der Waals surface area contributed by atoms with Gasteiger partial charge in [0, 0.05) is 0 Å². The predicted molar refractivity (Wildman–Crippen MR) is 46.2 cm³/mol. The average Bonchev–Trinajstić information content (AvgIpc) is 1.81. The Balaban J connectivity index is 0. The molecule has 0 saturated heterocycles. The second-order valence-corrected chi connectivity index (χ2v) is 2.34. The summed E-state index contributed by atoms with van der Waals surface area (Å²) in [6, 6.07) is 0. The van der Waals surface area contributed by atoms with Gasteiger partial charge in [-0.3, -0.25) is 4.90 Å². The van der Waals surface area contributed by atoms with E-state index in [2.05, 4.69) is 5.32 Å². The van der Waals surface area contributed by atoms with Gasteiger partial charge in [0.1, 0.15) is 0 Å². The van der Waals surface area contributed by atoms with Gasteiger partial charge in [-0.2, -0.15) is 0 Å². The van der Waals surface area contributed by atoms with Crippen molar-refractivity contribution in [3.05, 3.63) is 0 Å². The molecule has 11 heavy (non-hydrogen) atoms. The summed E-state index contributed by atoms with van der Waals surface area (Å²) in [6.45, 7) is 1.93. The van der Waals surface area contributed by atoms with Crippen molar-refractivity contribution >= 4 is 18.5 Å². The summed E-state index contributed by atoms with van der Waals surface area (Å²) in [5, 5.41) is 10.7. The highest BCUT2D eigenvalue weighted by Crippen LogP contribution is 1.92. The molecule has 1 unspecified atom stereocenters. The molecule has 0 rings (SSSR count). The minimum absolute atomic E-state index is 0. The van der Waals surface area contributed by atoms with Crippen molar-refractivity contribution in [3.63, 3.8) is 0 Å². The molecule has 0 heterocycles. The molecule has 68 valence electrons. The smallest absolute Gasteiger partial charge is 0.405 e. The Morgan fingerprint density at radius 3 is 2.18 bits per heavy atom. The Bertz CT molecular complexity index is 119. The molecule has 0 aliphatic heterocycles. The topological polar surface area (TPSA) is 52.6 Å². The van der Waals surface area contributed by atoms with E-state index in [0.717, 1.165) is 6.42 Å². The Morgan fingerprint density at radius 1 is 1.64 bits per heavy atom. The third kappa shape index (κ3) is 5.94. The third-order valence-electron chi connectivity index (χ3n) is 1.30. The van der Waals surface area contributed by atoms with E-state index in [1.165, 1.54) is 0 Å². The van der Waals surface area contributed by atoms with Gasteiger partial charge in [0.05, 0.1) is 6.17 Å². The Hall–Kier alpha value is -0.480. The van der Waals surface area contributed by atoms with Gasteiger partial charge in [-0.1, -0.05) is 6.92 Å². The van der Waals surface area contributed by atoms with Crippen molar-refractivity contribution in [1.29, 1.82) is 0 Å². The molecule has 0 spiro atoms. The molecule has 0 aliphatic carbocycles. The van der Waals surface area contributed by atoms with Crippen LogP contribution in [0.5, 0.6) is 0 Å². The largest absolute Gasteiger partial charge is 0.465 e. The van der Waals surface area contributed by atoms with Gasteiger partial charge < -0.3 is 10.4 Å². The number of nitrogens with zero attached hydrogens (tertiary/aromatic N) is 1. The van der Waals surface area contributed by atoms with Crippen molar-refractivity contribution in [2.45, 2.75) is 19.5 Å². The van der Waals surface area contributed by atoms with E-state index in [1.54, 1.807) is 0 Å². The number of halogens is 1. The zero-order chi connectivity index (χ0) is 8.15. The highest BCUT2D eigenvalue weighted by atomic mass is 35.5. The Labute approximate surface area is 73.0 Å². The lowest BCUT2D eigenvalue weighted by molar-refractivity contribution is 0.167. The van der Waals surface area contributed by atoms with E-state index in [9.17, 15) is 4.79 Å². The van der Waals surface area contributed by atoms with E-state index in [4.69, 9.17) is 5.11 Å². The van der Waals surface area contributed by atoms with E-state index >= 15 is 0 Å². The van der Waals surface area contributed by atoms with E-state index < -0.39 is 6.09 Å². The number of carboxylic acid groups (broad SMARTS) is 1. The van der Waals surface area contributed by atoms with E-state index in [-0.39, 0.29) is 18.6 Å². The first-order valence-electron chi connectivity index (χ1n) is 3.23. The van der Waals surface area contributed by atoms with Gasteiger partial charge in [-0.05, 0) is 20.5 Å². The first kappa shape index (κ1) is 13.1. The number of hydrogen-bond donors (Lipinski definition) is 2. The van der Waals surface area contributed by atoms with Crippen LogP contribution in [-0.4, -0.2) is 36.4 Å². The molecule has 0 fully saturated rings. The van der Waals surface area contributed by atoms with Crippen LogP contribution in [0.2, 0.25) is 0 Å². The summed E-state index contributed by atoms with van der Waals surface area (Å²) in [6.07, 6.45) is -0.266. The van der Waals surface area contributed by atoms with Gasteiger partial charge >= 0.3 is 6.09 Å². The van der Waals surface area contributed by atoms with Crippen LogP contribution in [0.4, 0.5) is 4.79 Å². The SMILES string of the molecule is CCC(NC(=O)O)N(C)C.Cl. The summed E-state index contributed by atoms with van der Waals surface area (Å²) in [4.78, 5) is 12.0. The predicted octanol–water partition coefficient (Wildman–Crippen LogP) is 0.973. The molecular formula is C6H15ClN2O2. The van der Waals surface area contributed by atoms with Crippen LogP contribution in [0, 0.1) is 0 Å². The minimum atomic E-state index is -0.972. The van der Waals surface area contributed by atoms with Crippen molar-refractivity contribution in [1.82, 2.24) is 10.2 Å². The maximum Gasteiger partial charge on any atom is 0.405 e. The summed E-state index contributed by atoms with van der Waals surface area (Å²) in [5.41, 5.74) is 0. The van der Waals surface area contributed by atoms with E-state index in [1.807, 2.05) is 25.9 Å². The summed E-state index contributed by atoms with van der Waals surface area (Å²) < 4.78 is 0. The van der Waals surface area contributed by atoms with Crippen LogP contribution in [0.15, 0.2) is 0 Å². The average molecular weight is 183 g/mol. The molecule has 0 saturated carbocycles. The van der Waals surface area contributed by atoms with Gasteiger partial charge in [-0.25, -0.2) is 4.79 Å². The van der Waals surface area contributed by atoms with E-state index in [0.29, 0.717) is 0 Å². The lowest BCUT2D eigenvalue weighted by Gasteiger charge is -2.21. The molecule has 5 heteroatoms. The number of carbonyl (C=O) groups is 1. The molecule has 0 aliphatic rings. The van der Waals surface area contributed by atoms with Gasteiger partial charge in [0.2, 0.25) is 0 Å². The number of amides is 1. The van der Waals surface area contributed by atoms with Gasteiger partial charge in [-0.15, -0.1) is 12.4 Å². The van der Waals surface area contributed by atoms with Crippen molar-refractivity contribution in [2.75, 3.05) is 14.1 Å². The van der Waals surface area contributed by atoms with Crippen molar-refractivity contribution in [3.8, 4) is 0 Å². The zero-order valence-corrected chi connectivity index (χ0v) is 7.81.